The highest BCUT2D eigenvalue weighted by molar-refractivity contribution is 5.42. The summed E-state index contributed by atoms with van der Waals surface area (Å²) >= 11 is 0. The number of anilines is 1. The van der Waals surface area contributed by atoms with E-state index in [1.165, 1.54) is 0 Å². The number of hydrogen-bond acceptors (Lipinski definition) is 4. The van der Waals surface area contributed by atoms with Gasteiger partial charge in [-0.15, -0.1) is 0 Å². The first kappa shape index (κ1) is 11.4. The zero-order valence-electron chi connectivity index (χ0n) is 9.94. The number of nitrogens with zero attached hydrogens (tertiary/aromatic N) is 2. The van der Waals surface area contributed by atoms with E-state index in [0.717, 1.165) is 37.4 Å². The minimum absolute atomic E-state index is 0.396. The van der Waals surface area contributed by atoms with Gasteiger partial charge in [0.2, 0.25) is 0 Å². The molecule has 0 aliphatic carbocycles. The molecule has 1 fully saturated rings. The Labute approximate surface area is 96.6 Å². The van der Waals surface area contributed by atoms with Gasteiger partial charge in [-0.25, -0.2) is 0 Å². The molecule has 0 saturated carbocycles. The van der Waals surface area contributed by atoms with Crippen LogP contribution in [0.3, 0.4) is 0 Å². The second-order valence-corrected chi connectivity index (χ2v) is 4.17. The Bertz CT molecular complexity index is 343. The minimum Gasteiger partial charge on any atom is -0.388 e. The monoisotopic (exact) mass is 221 g/mol. The second kappa shape index (κ2) is 5.27. The number of nitrogens with one attached hydrogen (secondary N) is 1. The van der Waals surface area contributed by atoms with Gasteiger partial charge in [-0.2, -0.15) is 0 Å². The van der Waals surface area contributed by atoms with Crippen LogP contribution >= 0.6 is 0 Å². The van der Waals surface area contributed by atoms with Gasteiger partial charge in [0, 0.05) is 45.7 Å². The van der Waals surface area contributed by atoms with Crippen LogP contribution in [0.25, 0.3) is 0 Å². The highest BCUT2D eigenvalue weighted by atomic mass is 16.5. The van der Waals surface area contributed by atoms with Gasteiger partial charge in [-0.3, -0.25) is 9.88 Å². The van der Waals surface area contributed by atoms with Crippen molar-refractivity contribution in [2.75, 3.05) is 32.6 Å². The summed E-state index contributed by atoms with van der Waals surface area (Å²) in [6.45, 7) is 3.03. The van der Waals surface area contributed by atoms with Crippen LogP contribution in [-0.2, 0) is 11.3 Å². The third kappa shape index (κ3) is 2.71. The number of pyridine rings is 1. The summed E-state index contributed by atoms with van der Waals surface area (Å²) in [6, 6.07) is 4.07. The number of methoxy groups -OCH3 is 1. The maximum atomic E-state index is 5.35. The molecule has 1 N–H and O–H groups in total. The van der Waals surface area contributed by atoms with E-state index in [4.69, 9.17) is 4.74 Å². The molecular weight excluding hydrogens is 202 g/mol. The van der Waals surface area contributed by atoms with Crippen molar-refractivity contribution in [1.82, 2.24) is 9.88 Å². The van der Waals surface area contributed by atoms with Crippen LogP contribution in [0.15, 0.2) is 18.3 Å². The molecule has 88 valence electrons. The standard InChI is InChI=1S/C12H19N3O/c1-13-10-3-5-14-11(7-10)8-15-6-4-12(9-15)16-2/h3,5,7,12H,4,6,8-9H2,1-2H3,(H,13,14). The summed E-state index contributed by atoms with van der Waals surface area (Å²) in [5, 5.41) is 3.13. The Morgan fingerprint density at radius 3 is 3.19 bits per heavy atom. The first-order valence-electron chi connectivity index (χ1n) is 5.69. The van der Waals surface area contributed by atoms with Crippen LogP contribution in [-0.4, -0.2) is 43.2 Å². The van der Waals surface area contributed by atoms with E-state index in [-0.39, 0.29) is 0 Å². The van der Waals surface area contributed by atoms with Crippen molar-refractivity contribution >= 4 is 5.69 Å². The second-order valence-electron chi connectivity index (χ2n) is 4.17. The van der Waals surface area contributed by atoms with Crippen LogP contribution in [0.2, 0.25) is 0 Å². The molecule has 1 aromatic rings. The van der Waals surface area contributed by atoms with Gasteiger partial charge in [0.05, 0.1) is 11.8 Å². The quantitative estimate of drug-likeness (QED) is 0.832. The molecule has 1 atom stereocenters. The van der Waals surface area contributed by atoms with Gasteiger partial charge in [-0.05, 0) is 18.6 Å². The molecule has 1 aliphatic heterocycles. The highest BCUT2D eigenvalue weighted by Crippen LogP contribution is 2.15. The Morgan fingerprint density at radius 2 is 2.50 bits per heavy atom. The normalized spacial score (nSPS) is 21.2. The molecule has 0 aromatic carbocycles. The van der Waals surface area contributed by atoms with Gasteiger partial charge >= 0.3 is 0 Å². The number of aromatic nitrogens is 1. The molecule has 4 heteroatoms. The van der Waals surface area contributed by atoms with Gasteiger partial charge in [0.1, 0.15) is 0 Å². The predicted molar refractivity (Wildman–Crippen MR) is 64.5 cm³/mol. The van der Waals surface area contributed by atoms with E-state index in [9.17, 15) is 0 Å². The van der Waals surface area contributed by atoms with Gasteiger partial charge in [-0.1, -0.05) is 0 Å². The van der Waals surface area contributed by atoms with Crippen molar-refractivity contribution in [1.29, 1.82) is 0 Å². The van der Waals surface area contributed by atoms with Crippen LogP contribution in [0.5, 0.6) is 0 Å². The smallest absolute Gasteiger partial charge is 0.0710 e. The molecule has 1 unspecified atom stereocenters. The Morgan fingerprint density at radius 1 is 1.62 bits per heavy atom. The van der Waals surface area contributed by atoms with Crippen LogP contribution in [0.4, 0.5) is 5.69 Å². The number of rotatable bonds is 4. The molecule has 2 heterocycles. The lowest BCUT2D eigenvalue weighted by Gasteiger charge is -2.15. The highest BCUT2D eigenvalue weighted by Gasteiger charge is 2.22. The Hall–Kier alpha value is -1.13. The number of hydrogen-bond donors (Lipinski definition) is 1. The third-order valence-corrected chi connectivity index (χ3v) is 3.05. The summed E-state index contributed by atoms with van der Waals surface area (Å²) in [4.78, 5) is 6.76. The van der Waals surface area contributed by atoms with Crippen molar-refractivity contribution < 1.29 is 4.74 Å². The lowest BCUT2D eigenvalue weighted by molar-refractivity contribution is 0.107. The van der Waals surface area contributed by atoms with E-state index in [0.29, 0.717) is 6.10 Å². The largest absolute Gasteiger partial charge is 0.388 e. The van der Waals surface area contributed by atoms with E-state index in [1.54, 1.807) is 7.11 Å². The van der Waals surface area contributed by atoms with E-state index in [2.05, 4.69) is 21.3 Å². The molecule has 0 bridgehead atoms. The summed E-state index contributed by atoms with van der Waals surface area (Å²) in [5.41, 5.74) is 2.23. The average Bonchev–Trinajstić information content (AvgIpc) is 2.77. The minimum atomic E-state index is 0.396. The maximum Gasteiger partial charge on any atom is 0.0710 e. The molecule has 0 amide bonds. The fourth-order valence-corrected chi connectivity index (χ4v) is 2.08. The summed E-state index contributed by atoms with van der Waals surface area (Å²) in [7, 11) is 3.71. The predicted octanol–water partition coefficient (Wildman–Crippen LogP) is 1.34. The van der Waals surface area contributed by atoms with E-state index in [1.807, 2.05) is 19.3 Å². The summed E-state index contributed by atoms with van der Waals surface area (Å²) in [6.07, 6.45) is 3.38. The van der Waals surface area contributed by atoms with E-state index >= 15 is 0 Å². The zero-order chi connectivity index (χ0) is 11.4. The molecule has 2 rings (SSSR count). The Kier molecular flexibility index (Phi) is 3.74. The van der Waals surface area contributed by atoms with Gasteiger partial charge < -0.3 is 10.1 Å². The van der Waals surface area contributed by atoms with Gasteiger partial charge in [0.25, 0.3) is 0 Å². The molecule has 16 heavy (non-hydrogen) atoms. The molecular formula is C12H19N3O. The van der Waals surface area contributed by atoms with Crippen molar-refractivity contribution in [2.45, 2.75) is 19.1 Å². The topological polar surface area (TPSA) is 37.4 Å². The molecule has 1 saturated heterocycles. The molecule has 1 aromatic heterocycles. The van der Waals surface area contributed by atoms with Crippen LogP contribution in [0, 0.1) is 0 Å². The van der Waals surface area contributed by atoms with Crippen molar-refractivity contribution in [3.63, 3.8) is 0 Å². The van der Waals surface area contributed by atoms with Gasteiger partial charge in [0.15, 0.2) is 0 Å². The lowest BCUT2D eigenvalue weighted by Crippen LogP contribution is -2.22. The number of ether oxygens (including phenoxy) is 1. The Balaban J connectivity index is 1.94. The fraction of sp³-hybridized carbons (Fsp3) is 0.583. The molecule has 1 aliphatic rings. The zero-order valence-corrected chi connectivity index (χ0v) is 9.94. The number of likely N-dealkylation sites (tertiary alicyclic amines) is 1. The lowest BCUT2D eigenvalue weighted by atomic mass is 10.3. The molecule has 4 nitrogen and oxygen atoms in total. The summed E-state index contributed by atoms with van der Waals surface area (Å²) in [5.74, 6) is 0. The average molecular weight is 221 g/mol. The SMILES string of the molecule is CNc1ccnc(CN2CCC(OC)C2)c1. The van der Waals surface area contributed by atoms with Crippen molar-refractivity contribution in [3.05, 3.63) is 24.0 Å². The summed E-state index contributed by atoms with van der Waals surface area (Å²) < 4.78 is 5.35. The van der Waals surface area contributed by atoms with E-state index < -0.39 is 0 Å². The third-order valence-electron chi connectivity index (χ3n) is 3.05. The van der Waals surface area contributed by atoms with Crippen LogP contribution in [0.1, 0.15) is 12.1 Å². The van der Waals surface area contributed by atoms with Crippen LogP contribution < -0.4 is 5.32 Å². The van der Waals surface area contributed by atoms with Crippen molar-refractivity contribution in [2.24, 2.45) is 0 Å². The molecule has 0 spiro atoms. The maximum absolute atomic E-state index is 5.35. The first-order chi connectivity index (χ1) is 7.81. The molecule has 0 radical (unpaired) electrons. The first-order valence-corrected chi connectivity index (χ1v) is 5.69. The fourth-order valence-electron chi connectivity index (χ4n) is 2.08. The van der Waals surface area contributed by atoms with Crippen molar-refractivity contribution in [3.8, 4) is 0 Å².